The maximum absolute atomic E-state index is 13.7. The van der Waals surface area contributed by atoms with Crippen molar-refractivity contribution in [1.82, 2.24) is 14.7 Å². The number of halogens is 4. The Labute approximate surface area is 212 Å². The Hall–Kier alpha value is -3.20. The molecule has 3 aromatic rings. The predicted octanol–water partition coefficient (Wildman–Crippen LogP) is 6.01. The predicted molar refractivity (Wildman–Crippen MR) is 133 cm³/mol. The van der Waals surface area contributed by atoms with Crippen molar-refractivity contribution in [2.24, 2.45) is 7.05 Å². The van der Waals surface area contributed by atoms with E-state index in [1.165, 1.54) is 17.0 Å². The second-order valence-corrected chi connectivity index (χ2v) is 9.83. The van der Waals surface area contributed by atoms with Gasteiger partial charge in [0, 0.05) is 37.9 Å². The quantitative estimate of drug-likeness (QED) is 0.425. The van der Waals surface area contributed by atoms with Gasteiger partial charge in [-0.2, -0.15) is 18.3 Å². The number of urea groups is 1. The summed E-state index contributed by atoms with van der Waals surface area (Å²) >= 11 is 6.47. The van der Waals surface area contributed by atoms with Gasteiger partial charge in [0.15, 0.2) is 5.82 Å². The number of carbonyl (C=O) groups is 1. The van der Waals surface area contributed by atoms with Gasteiger partial charge in [0.25, 0.3) is 0 Å². The van der Waals surface area contributed by atoms with Crippen LogP contribution in [-0.2, 0) is 26.3 Å². The number of fused-ring (bicyclic) bond motifs is 1. The molecule has 2 aliphatic heterocycles. The molecule has 1 aromatic heterocycles. The fourth-order valence-corrected chi connectivity index (χ4v) is 5.66. The standard InChI is InChI=1S/C26H27ClF3N5O/c1-17-6-5-9-22(27)23(17)33-12-10-20(11-13-33)34-16-19-14-32(2)31-24(19)35(25(34)36)15-18-7-3-4-8-21(18)26(28,29)30/h3-9,14,20H,10-13,15-16H2,1-2H3. The van der Waals surface area contributed by atoms with Crippen molar-refractivity contribution >= 4 is 29.1 Å². The van der Waals surface area contributed by atoms with Gasteiger partial charge in [-0.15, -0.1) is 0 Å². The van der Waals surface area contributed by atoms with Gasteiger partial charge in [-0.05, 0) is 43.0 Å². The highest BCUT2D eigenvalue weighted by Gasteiger charge is 2.40. The van der Waals surface area contributed by atoms with Crippen molar-refractivity contribution in [3.63, 3.8) is 0 Å². The van der Waals surface area contributed by atoms with Crippen LogP contribution in [0.25, 0.3) is 0 Å². The number of nitrogens with zero attached hydrogens (tertiary/aromatic N) is 5. The Bertz CT molecular complexity index is 1260. The molecule has 0 atom stereocenters. The van der Waals surface area contributed by atoms with Gasteiger partial charge in [0.05, 0.1) is 29.4 Å². The molecule has 0 aliphatic carbocycles. The largest absolute Gasteiger partial charge is 0.416 e. The van der Waals surface area contributed by atoms with E-state index in [0.717, 1.165) is 48.8 Å². The molecule has 190 valence electrons. The summed E-state index contributed by atoms with van der Waals surface area (Å²) in [6.45, 7) is 3.68. The van der Waals surface area contributed by atoms with Crippen LogP contribution in [-0.4, -0.2) is 39.8 Å². The smallest absolute Gasteiger partial charge is 0.370 e. The van der Waals surface area contributed by atoms with E-state index in [0.29, 0.717) is 17.4 Å². The van der Waals surface area contributed by atoms with E-state index in [-0.39, 0.29) is 24.2 Å². The monoisotopic (exact) mass is 517 g/mol. The van der Waals surface area contributed by atoms with Crippen LogP contribution in [0, 0.1) is 6.92 Å². The summed E-state index contributed by atoms with van der Waals surface area (Å²) in [7, 11) is 1.75. The van der Waals surface area contributed by atoms with E-state index < -0.39 is 11.7 Å². The Morgan fingerprint density at radius 1 is 1.08 bits per heavy atom. The number of amides is 2. The SMILES string of the molecule is Cc1cccc(Cl)c1N1CCC(N2Cc3cn(C)nc3N(Cc3ccccc3C(F)(F)F)C2=O)CC1. The van der Waals surface area contributed by atoms with Gasteiger partial charge in [-0.25, -0.2) is 4.79 Å². The first kappa shape index (κ1) is 24.5. The van der Waals surface area contributed by atoms with Crippen molar-refractivity contribution in [2.75, 3.05) is 22.9 Å². The molecule has 0 N–H and O–H groups in total. The highest BCUT2D eigenvalue weighted by molar-refractivity contribution is 6.33. The molecule has 3 heterocycles. The summed E-state index contributed by atoms with van der Waals surface area (Å²) in [4.78, 5) is 19.1. The summed E-state index contributed by atoms with van der Waals surface area (Å²) in [6, 6.07) is 10.9. The molecule has 0 bridgehead atoms. The van der Waals surface area contributed by atoms with Gasteiger partial charge in [-0.1, -0.05) is 41.9 Å². The fourth-order valence-electron chi connectivity index (χ4n) is 5.32. The van der Waals surface area contributed by atoms with Crippen LogP contribution in [0.15, 0.2) is 48.7 Å². The van der Waals surface area contributed by atoms with Crippen LogP contribution in [0.5, 0.6) is 0 Å². The number of hydrogen-bond donors (Lipinski definition) is 0. The molecular weight excluding hydrogens is 491 g/mol. The first-order chi connectivity index (χ1) is 17.1. The number of piperidine rings is 1. The Morgan fingerprint density at radius 2 is 1.81 bits per heavy atom. The number of aromatic nitrogens is 2. The topological polar surface area (TPSA) is 44.6 Å². The average molecular weight is 518 g/mol. The minimum absolute atomic E-state index is 0.0368. The van der Waals surface area contributed by atoms with Crippen LogP contribution in [0.4, 0.5) is 29.5 Å². The van der Waals surface area contributed by atoms with Gasteiger partial charge in [0.2, 0.25) is 0 Å². The molecule has 0 spiro atoms. The van der Waals surface area contributed by atoms with Gasteiger partial charge < -0.3 is 9.80 Å². The first-order valence-corrected chi connectivity index (χ1v) is 12.3. The van der Waals surface area contributed by atoms with Crippen molar-refractivity contribution in [3.05, 3.63) is 75.9 Å². The van der Waals surface area contributed by atoms with Crippen LogP contribution < -0.4 is 9.80 Å². The molecule has 6 nitrogen and oxygen atoms in total. The molecule has 1 fully saturated rings. The molecule has 2 aromatic carbocycles. The highest BCUT2D eigenvalue weighted by atomic mass is 35.5. The first-order valence-electron chi connectivity index (χ1n) is 11.9. The zero-order valence-corrected chi connectivity index (χ0v) is 20.9. The fraction of sp³-hybridized carbons (Fsp3) is 0.385. The lowest BCUT2D eigenvalue weighted by Crippen LogP contribution is -2.54. The van der Waals surface area contributed by atoms with Crippen LogP contribution >= 0.6 is 11.6 Å². The van der Waals surface area contributed by atoms with Crippen molar-refractivity contribution in [2.45, 2.75) is 45.1 Å². The molecule has 1 saturated heterocycles. The highest BCUT2D eigenvalue weighted by Crippen LogP contribution is 2.37. The Morgan fingerprint density at radius 3 is 2.50 bits per heavy atom. The third-order valence-electron chi connectivity index (χ3n) is 7.02. The minimum Gasteiger partial charge on any atom is -0.370 e. The number of hydrogen-bond acceptors (Lipinski definition) is 3. The van der Waals surface area contributed by atoms with Gasteiger partial charge >= 0.3 is 12.2 Å². The van der Waals surface area contributed by atoms with Crippen molar-refractivity contribution in [1.29, 1.82) is 0 Å². The van der Waals surface area contributed by atoms with Crippen LogP contribution in [0.1, 0.15) is 35.1 Å². The second kappa shape index (κ2) is 9.35. The summed E-state index contributed by atoms with van der Waals surface area (Å²) in [5.74, 6) is 0.417. The van der Waals surface area contributed by atoms with E-state index in [9.17, 15) is 18.0 Å². The minimum atomic E-state index is -4.51. The number of carbonyl (C=O) groups excluding carboxylic acids is 1. The Kier molecular flexibility index (Phi) is 6.36. The number of rotatable bonds is 4. The summed E-state index contributed by atoms with van der Waals surface area (Å²) < 4.78 is 42.6. The zero-order valence-electron chi connectivity index (χ0n) is 20.1. The number of aryl methyl sites for hydroxylation is 2. The molecule has 10 heteroatoms. The third-order valence-corrected chi connectivity index (χ3v) is 7.32. The van der Waals surface area contributed by atoms with Gasteiger partial charge in [0.1, 0.15) is 0 Å². The maximum atomic E-state index is 13.7. The lowest BCUT2D eigenvalue weighted by atomic mass is 10.00. The van der Waals surface area contributed by atoms with Crippen LogP contribution in [0.2, 0.25) is 5.02 Å². The van der Waals surface area contributed by atoms with Gasteiger partial charge in [-0.3, -0.25) is 9.58 Å². The normalized spacial score (nSPS) is 17.1. The number of benzene rings is 2. The lowest BCUT2D eigenvalue weighted by Gasteiger charge is -2.43. The van der Waals surface area contributed by atoms with E-state index in [2.05, 4.69) is 10.00 Å². The third kappa shape index (κ3) is 4.52. The lowest BCUT2D eigenvalue weighted by molar-refractivity contribution is -0.138. The summed E-state index contributed by atoms with van der Waals surface area (Å²) in [5, 5.41) is 5.12. The average Bonchev–Trinajstić information content (AvgIpc) is 3.21. The number of anilines is 2. The van der Waals surface area contributed by atoms with E-state index in [1.54, 1.807) is 22.7 Å². The molecule has 2 amide bonds. The molecule has 0 radical (unpaired) electrons. The van der Waals surface area contributed by atoms with Crippen molar-refractivity contribution in [3.8, 4) is 0 Å². The van der Waals surface area contributed by atoms with E-state index >= 15 is 0 Å². The molecule has 2 aliphatic rings. The molecular formula is C26H27ClF3N5O. The zero-order chi connectivity index (χ0) is 25.6. The number of alkyl halides is 3. The van der Waals surface area contributed by atoms with E-state index in [1.807, 2.05) is 31.3 Å². The number of para-hydroxylation sites is 1. The van der Waals surface area contributed by atoms with Crippen LogP contribution in [0.3, 0.4) is 0 Å². The van der Waals surface area contributed by atoms with Crippen molar-refractivity contribution < 1.29 is 18.0 Å². The molecule has 5 rings (SSSR count). The van der Waals surface area contributed by atoms with E-state index in [4.69, 9.17) is 11.6 Å². The maximum Gasteiger partial charge on any atom is 0.416 e. The molecule has 36 heavy (non-hydrogen) atoms. The molecule has 0 saturated carbocycles. The summed E-state index contributed by atoms with van der Waals surface area (Å²) in [5.41, 5.74) is 2.25. The second-order valence-electron chi connectivity index (χ2n) is 9.43. The Balaban J connectivity index is 1.39. The molecule has 0 unspecified atom stereocenters. The summed E-state index contributed by atoms with van der Waals surface area (Å²) in [6.07, 6.45) is -1.21.